The fourth-order valence-electron chi connectivity index (χ4n) is 1.85. The van der Waals surface area contributed by atoms with Crippen molar-refractivity contribution >= 4 is 11.9 Å². The lowest BCUT2D eigenvalue weighted by molar-refractivity contribution is -0.158. The Morgan fingerprint density at radius 3 is 2.41 bits per heavy atom. The predicted octanol–water partition coefficient (Wildman–Crippen LogP) is 2.24. The molecule has 4 nitrogen and oxygen atoms in total. The van der Waals surface area contributed by atoms with Crippen molar-refractivity contribution in [3.05, 3.63) is 12.2 Å². The average Bonchev–Trinajstić information content (AvgIpc) is 2.28. The number of esters is 1. The molecule has 0 saturated carbocycles. The van der Waals surface area contributed by atoms with E-state index in [0.29, 0.717) is 25.4 Å². The number of rotatable bonds is 5. The first-order chi connectivity index (χ1) is 8.02. The molecule has 0 aliphatic heterocycles. The molecule has 0 spiro atoms. The highest BCUT2D eigenvalue weighted by Crippen LogP contribution is 2.27. The number of carboxylic acids is 1. The molecule has 1 aliphatic carbocycles. The van der Waals surface area contributed by atoms with Crippen LogP contribution in [0.25, 0.3) is 0 Å². The number of hydrogen-bond acceptors (Lipinski definition) is 3. The minimum absolute atomic E-state index is 0.373. The molecular weight excluding hydrogens is 220 g/mol. The standard InChI is InChI=1S/C13H20O4/c1-9(2)7-8-17-13(16)11-6-4-3-5-10(11)12(14)15/h3-4,9-11H,5-8H2,1-2H3,(H,14,15)/t10-,11+/m0/s1. The lowest BCUT2D eigenvalue weighted by Crippen LogP contribution is -2.32. The highest BCUT2D eigenvalue weighted by molar-refractivity contribution is 5.81. The van der Waals surface area contributed by atoms with Crippen LogP contribution in [0.1, 0.15) is 33.1 Å². The SMILES string of the molecule is CC(C)CCOC(=O)[C@@H]1CC=CC[C@@H]1C(=O)O. The van der Waals surface area contributed by atoms with Crippen LogP contribution in [-0.4, -0.2) is 23.7 Å². The van der Waals surface area contributed by atoms with E-state index >= 15 is 0 Å². The largest absolute Gasteiger partial charge is 0.481 e. The highest BCUT2D eigenvalue weighted by Gasteiger charge is 2.34. The summed E-state index contributed by atoms with van der Waals surface area (Å²) in [5.41, 5.74) is 0. The van der Waals surface area contributed by atoms with Gasteiger partial charge in [0.05, 0.1) is 18.4 Å². The molecule has 0 unspecified atom stereocenters. The fourth-order valence-corrected chi connectivity index (χ4v) is 1.85. The molecule has 0 heterocycles. The van der Waals surface area contributed by atoms with E-state index in [2.05, 4.69) is 13.8 Å². The third kappa shape index (κ3) is 4.21. The topological polar surface area (TPSA) is 63.6 Å². The molecule has 1 aliphatic rings. The lowest BCUT2D eigenvalue weighted by Gasteiger charge is -2.23. The van der Waals surface area contributed by atoms with Gasteiger partial charge >= 0.3 is 11.9 Å². The molecule has 0 radical (unpaired) electrons. The van der Waals surface area contributed by atoms with Gasteiger partial charge in [-0.2, -0.15) is 0 Å². The molecule has 0 bridgehead atoms. The molecule has 0 aromatic carbocycles. The smallest absolute Gasteiger partial charge is 0.310 e. The second kappa shape index (κ2) is 6.42. The van der Waals surface area contributed by atoms with Gasteiger partial charge in [-0.05, 0) is 25.2 Å². The minimum Gasteiger partial charge on any atom is -0.481 e. The summed E-state index contributed by atoms with van der Waals surface area (Å²) in [4.78, 5) is 22.8. The van der Waals surface area contributed by atoms with Crippen LogP contribution in [0.15, 0.2) is 12.2 Å². The number of hydrogen-bond donors (Lipinski definition) is 1. The normalized spacial score (nSPS) is 23.7. The summed E-state index contributed by atoms with van der Waals surface area (Å²) in [5, 5.41) is 9.03. The van der Waals surface area contributed by atoms with Gasteiger partial charge in [-0.3, -0.25) is 9.59 Å². The van der Waals surface area contributed by atoms with Crippen molar-refractivity contribution in [3.8, 4) is 0 Å². The highest BCUT2D eigenvalue weighted by atomic mass is 16.5. The van der Waals surface area contributed by atoms with E-state index in [-0.39, 0.29) is 5.97 Å². The minimum atomic E-state index is -0.917. The number of ether oxygens (including phenoxy) is 1. The first kappa shape index (κ1) is 13.7. The summed E-state index contributed by atoms with van der Waals surface area (Å²) in [6.07, 6.45) is 5.37. The summed E-state index contributed by atoms with van der Waals surface area (Å²) in [6.45, 7) is 4.48. The van der Waals surface area contributed by atoms with E-state index in [9.17, 15) is 9.59 Å². The molecular formula is C13H20O4. The second-order valence-corrected chi connectivity index (χ2v) is 4.84. The molecule has 1 rings (SSSR count). The van der Waals surface area contributed by atoms with Crippen molar-refractivity contribution in [1.82, 2.24) is 0 Å². The fraction of sp³-hybridized carbons (Fsp3) is 0.692. The van der Waals surface area contributed by atoms with Crippen molar-refractivity contribution in [3.63, 3.8) is 0 Å². The van der Waals surface area contributed by atoms with Crippen LogP contribution in [0.3, 0.4) is 0 Å². The molecule has 1 N–H and O–H groups in total. The first-order valence-electron chi connectivity index (χ1n) is 6.06. The van der Waals surface area contributed by atoms with Crippen LogP contribution < -0.4 is 0 Å². The van der Waals surface area contributed by atoms with E-state index < -0.39 is 17.8 Å². The molecule has 0 aromatic heterocycles. The Hall–Kier alpha value is -1.32. The van der Waals surface area contributed by atoms with Crippen LogP contribution in [-0.2, 0) is 14.3 Å². The number of allylic oxidation sites excluding steroid dienone is 2. The van der Waals surface area contributed by atoms with Gasteiger partial charge in [0.15, 0.2) is 0 Å². The van der Waals surface area contributed by atoms with Gasteiger partial charge in [-0.15, -0.1) is 0 Å². The average molecular weight is 240 g/mol. The van der Waals surface area contributed by atoms with Crippen LogP contribution in [0, 0.1) is 17.8 Å². The van der Waals surface area contributed by atoms with Crippen molar-refractivity contribution < 1.29 is 19.4 Å². The second-order valence-electron chi connectivity index (χ2n) is 4.84. The molecule has 17 heavy (non-hydrogen) atoms. The Morgan fingerprint density at radius 1 is 1.29 bits per heavy atom. The molecule has 96 valence electrons. The van der Waals surface area contributed by atoms with Crippen LogP contribution >= 0.6 is 0 Å². The van der Waals surface area contributed by atoms with Gasteiger partial charge in [-0.25, -0.2) is 0 Å². The van der Waals surface area contributed by atoms with Gasteiger partial charge < -0.3 is 9.84 Å². The lowest BCUT2D eigenvalue weighted by atomic mass is 9.83. The summed E-state index contributed by atoms with van der Waals surface area (Å²) in [5.74, 6) is -1.97. The Kier molecular flexibility index (Phi) is 5.19. The molecule has 2 atom stereocenters. The van der Waals surface area contributed by atoms with Crippen LogP contribution in [0.5, 0.6) is 0 Å². The number of carbonyl (C=O) groups excluding carboxylic acids is 1. The summed E-state index contributed by atoms with van der Waals surface area (Å²) < 4.78 is 5.14. The third-order valence-electron chi connectivity index (χ3n) is 2.99. The van der Waals surface area contributed by atoms with Gasteiger partial charge in [0, 0.05) is 0 Å². The predicted molar refractivity (Wildman–Crippen MR) is 63.4 cm³/mol. The maximum atomic E-state index is 11.8. The van der Waals surface area contributed by atoms with E-state index in [1.54, 1.807) is 0 Å². The van der Waals surface area contributed by atoms with E-state index in [1.165, 1.54) is 0 Å². The van der Waals surface area contributed by atoms with Gasteiger partial charge in [0.1, 0.15) is 0 Å². The van der Waals surface area contributed by atoms with Gasteiger partial charge in [-0.1, -0.05) is 26.0 Å². The quantitative estimate of drug-likeness (QED) is 0.591. The molecule has 0 saturated heterocycles. The van der Waals surface area contributed by atoms with Crippen LogP contribution in [0.4, 0.5) is 0 Å². The van der Waals surface area contributed by atoms with E-state index in [4.69, 9.17) is 9.84 Å². The Morgan fingerprint density at radius 2 is 1.88 bits per heavy atom. The Balaban J connectivity index is 2.48. The van der Waals surface area contributed by atoms with Gasteiger partial charge in [0.25, 0.3) is 0 Å². The molecule has 0 fully saturated rings. The Labute approximate surface area is 102 Å². The monoisotopic (exact) mass is 240 g/mol. The number of carbonyl (C=O) groups is 2. The summed E-state index contributed by atoms with van der Waals surface area (Å²) >= 11 is 0. The van der Waals surface area contributed by atoms with Crippen molar-refractivity contribution in [2.75, 3.05) is 6.61 Å². The van der Waals surface area contributed by atoms with Crippen molar-refractivity contribution in [2.45, 2.75) is 33.1 Å². The molecule has 0 amide bonds. The summed E-state index contributed by atoms with van der Waals surface area (Å²) in [7, 11) is 0. The molecule has 0 aromatic rings. The number of aliphatic carboxylic acids is 1. The first-order valence-corrected chi connectivity index (χ1v) is 6.06. The zero-order chi connectivity index (χ0) is 12.8. The maximum Gasteiger partial charge on any atom is 0.310 e. The summed E-state index contributed by atoms with van der Waals surface area (Å²) in [6, 6.07) is 0. The maximum absolute atomic E-state index is 11.8. The van der Waals surface area contributed by atoms with Gasteiger partial charge in [0.2, 0.25) is 0 Å². The van der Waals surface area contributed by atoms with E-state index in [1.807, 2.05) is 12.2 Å². The van der Waals surface area contributed by atoms with Crippen LogP contribution in [0.2, 0.25) is 0 Å². The zero-order valence-corrected chi connectivity index (χ0v) is 10.4. The Bertz CT molecular complexity index is 307. The number of carboxylic acid groups (broad SMARTS) is 1. The van der Waals surface area contributed by atoms with E-state index in [0.717, 1.165) is 6.42 Å². The third-order valence-corrected chi connectivity index (χ3v) is 2.99. The van der Waals surface area contributed by atoms with Crippen molar-refractivity contribution in [1.29, 1.82) is 0 Å². The van der Waals surface area contributed by atoms with Crippen molar-refractivity contribution in [2.24, 2.45) is 17.8 Å². The zero-order valence-electron chi connectivity index (χ0n) is 10.4. The molecule has 4 heteroatoms.